The molecule has 0 unspecified atom stereocenters. The maximum absolute atomic E-state index is 10.7. The molecule has 86 valence electrons. The van der Waals surface area contributed by atoms with E-state index in [4.69, 9.17) is 10.2 Å². The number of hydrogen-bond acceptors (Lipinski definition) is 3. The van der Waals surface area contributed by atoms with Crippen molar-refractivity contribution in [2.45, 2.75) is 6.92 Å². The van der Waals surface area contributed by atoms with E-state index in [1.165, 1.54) is 13.1 Å². The SMILES string of the molecule is CC(=CN(CCO)c1ccccc1)C(=O)O. The van der Waals surface area contributed by atoms with Crippen LogP contribution in [0.25, 0.3) is 0 Å². The maximum atomic E-state index is 10.7. The molecule has 1 aromatic rings. The number of carbonyl (C=O) groups is 1. The van der Waals surface area contributed by atoms with Crippen LogP contribution in [0, 0.1) is 0 Å². The zero-order valence-electron chi connectivity index (χ0n) is 9.13. The van der Waals surface area contributed by atoms with Crippen LogP contribution in [-0.4, -0.2) is 29.3 Å². The number of para-hydroxylation sites is 1. The summed E-state index contributed by atoms with van der Waals surface area (Å²) < 4.78 is 0. The number of nitrogens with zero attached hydrogens (tertiary/aromatic N) is 1. The molecule has 0 radical (unpaired) electrons. The fourth-order valence-corrected chi connectivity index (χ4v) is 1.28. The summed E-state index contributed by atoms with van der Waals surface area (Å²) in [4.78, 5) is 12.4. The van der Waals surface area contributed by atoms with Gasteiger partial charge in [0, 0.05) is 18.4 Å². The van der Waals surface area contributed by atoms with Crippen molar-refractivity contribution in [1.29, 1.82) is 0 Å². The van der Waals surface area contributed by atoms with Gasteiger partial charge in [-0.1, -0.05) is 18.2 Å². The molecule has 1 aromatic carbocycles. The number of anilines is 1. The average Bonchev–Trinajstić information content (AvgIpc) is 2.29. The minimum atomic E-state index is -0.959. The van der Waals surface area contributed by atoms with E-state index in [2.05, 4.69) is 0 Å². The van der Waals surface area contributed by atoms with Crippen molar-refractivity contribution in [1.82, 2.24) is 0 Å². The summed E-state index contributed by atoms with van der Waals surface area (Å²) in [6, 6.07) is 9.34. The van der Waals surface area contributed by atoms with Gasteiger partial charge >= 0.3 is 5.97 Å². The average molecular weight is 221 g/mol. The number of aliphatic hydroxyl groups excluding tert-OH is 1. The fraction of sp³-hybridized carbons (Fsp3) is 0.250. The van der Waals surface area contributed by atoms with Crippen molar-refractivity contribution in [3.8, 4) is 0 Å². The summed E-state index contributed by atoms with van der Waals surface area (Å²) in [5.41, 5.74) is 1.09. The van der Waals surface area contributed by atoms with Crippen molar-refractivity contribution in [2.24, 2.45) is 0 Å². The van der Waals surface area contributed by atoms with Crippen LogP contribution >= 0.6 is 0 Å². The summed E-state index contributed by atoms with van der Waals surface area (Å²) in [5.74, 6) is -0.959. The van der Waals surface area contributed by atoms with Crippen molar-refractivity contribution in [2.75, 3.05) is 18.1 Å². The summed E-state index contributed by atoms with van der Waals surface area (Å²) in [6.07, 6.45) is 1.52. The Kier molecular flexibility index (Phi) is 4.54. The molecule has 0 atom stereocenters. The van der Waals surface area contributed by atoms with Gasteiger partial charge in [0.25, 0.3) is 0 Å². The van der Waals surface area contributed by atoms with E-state index in [1.54, 1.807) is 4.90 Å². The zero-order chi connectivity index (χ0) is 12.0. The maximum Gasteiger partial charge on any atom is 0.332 e. The second-order valence-electron chi connectivity index (χ2n) is 3.37. The number of carboxylic acids is 1. The van der Waals surface area contributed by atoms with Crippen LogP contribution in [0.3, 0.4) is 0 Å². The Morgan fingerprint density at radius 3 is 2.50 bits per heavy atom. The van der Waals surface area contributed by atoms with Crippen LogP contribution < -0.4 is 4.90 Å². The van der Waals surface area contributed by atoms with E-state index in [0.717, 1.165) is 5.69 Å². The Morgan fingerprint density at radius 1 is 1.38 bits per heavy atom. The highest BCUT2D eigenvalue weighted by atomic mass is 16.4. The highest BCUT2D eigenvalue weighted by Crippen LogP contribution is 2.14. The van der Waals surface area contributed by atoms with E-state index in [1.807, 2.05) is 30.3 Å². The molecule has 0 aromatic heterocycles. The van der Waals surface area contributed by atoms with Crippen molar-refractivity contribution >= 4 is 11.7 Å². The lowest BCUT2D eigenvalue weighted by atomic mass is 10.2. The van der Waals surface area contributed by atoms with Gasteiger partial charge < -0.3 is 15.1 Å². The normalized spacial score (nSPS) is 11.2. The number of hydrogen-bond donors (Lipinski definition) is 2. The standard InChI is InChI=1S/C12H15NO3/c1-10(12(15)16)9-13(7-8-14)11-5-3-2-4-6-11/h2-6,9,14H,7-8H2,1H3,(H,15,16). The van der Waals surface area contributed by atoms with Gasteiger partial charge in [-0.05, 0) is 19.1 Å². The Hall–Kier alpha value is -1.81. The quantitative estimate of drug-likeness (QED) is 0.739. The van der Waals surface area contributed by atoms with Gasteiger partial charge in [0.05, 0.1) is 12.2 Å². The largest absolute Gasteiger partial charge is 0.478 e. The lowest BCUT2D eigenvalue weighted by Crippen LogP contribution is -2.21. The Bertz CT molecular complexity index is 373. The molecule has 0 saturated heterocycles. The lowest BCUT2D eigenvalue weighted by Gasteiger charge is -2.19. The zero-order valence-corrected chi connectivity index (χ0v) is 9.13. The molecule has 16 heavy (non-hydrogen) atoms. The first-order chi connectivity index (χ1) is 7.65. The lowest BCUT2D eigenvalue weighted by molar-refractivity contribution is -0.132. The highest BCUT2D eigenvalue weighted by Gasteiger charge is 2.06. The van der Waals surface area contributed by atoms with Crippen LogP contribution in [0.15, 0.2) is 42.1 Å². The smallest absolute Gasteiger partial charge is 0.332 e. The second-order valence-corrected chi connectivity index (χ2v) is 3.37. The van der Waals surface area contributed by atoms with E-state index < -0.39 is 5.97 Å². The first-order valence-electron chi connectivity index (χ1n) is 4.99. The summed E-state index contributed by atoms with van der Waals surface area (Å²) >= 11 is 0. The van der Waals surface area contributed by atoms with Gasteiger partial charge in [0.1, 0.15) is 0 Å². The predicted molar refractivity (Wildman–Crippen MR) is 62.3 cm³/mol. The van der Waals surface area contributed by atoms with E-state index in [9.17, 15) is 4.79 Å². The molecule has 2 N–H and O–H groups in total. The molecule has 0 bridgehead atoms. The first kappa shape index (κ1) is 12.3. The minimum absolute atomic E-state index is 0.0295. The molecule has 0 spiro atoms. The number of rotatable bonds is 5. The first-order valence-corrected chi connectivity index (χ1v) is 4.99. The third-order valence-electron chi connectivity index (χ3n) is 2.12. The van der Waals surface area contributed by atoms with Crippen molar-refractivity contribution in [3.05, 3.63) is 42.1 Å². The van der Waals surface area contributed by atoms with Gasteiger partial charge in [-0.15, -0.1) is 0 Å². The molecule has 0 aliphatic carbocycles. The van der Waals surface area contributed by atoms with Crippen LogP contribution in [0.1, 0.15) is 6.92 Å². The number of aliphatic carboxylic acids is 1. The van der Waals surface area contributed by atoms with Gasteiger partial charge in [0.2, 0.25) is 0 Å². The van der Waals surface area contributed by atoms with Crippen molar-refractivity contribution in [3.63, 3.8) is 0 Å². The third kappa shape index (κ3) is 3.40. The molecule has 4 nitrogen and oxygen atoms in total. The monoisotopic (exact) mass is 221 g/mol. The Balaban J connectivity index is 2.92. The predicted octanol–water partition coefficient (Wildman–Crippen LogP) is 1.47. The molecule has 0 amide bonds. The van der Waals surface area contributed by atoms with E-state index in [0.29, 0.717) is 6.54 Å². The van der Waals surface area contributed by atoms with Gasteiger partial charge in [-0.3, -0.25) is 0 Å². The van der Waals surface area contributed by atoms with E-state index >= 15 is 0 Å². The summed E-state index contributed by atoms with van der Waals surface area (Å²) in [6.45, 7) is 1.86. The van der Waals surface area contributed by atoms with Crippen LogP contribution in [-0.2, 0) is 4.79 Å². The second kappa shape index (κ2) is 5.92. The summed E-state index contributed by atoms with van der Waals surface area (Å²) in [5, 5.41) is 17.7. The minimum Gasteiger partial charge on any atom is -0.478 e. The molecule has 0 aliphatic rings. The number of aliphatic hydroxyl groups is 1. The van der Waals surface area contributed by atoms with Crippen LogP contribution in [0.4, 0.5) is 5.69 Å². The molecule has 0 saturated carbocycles. The van der Waals surface area contributed by atoms with Gasteiger partial charge in [-0.25, -0.2) is 4.79 Å². The topological polar surface area (TPSA) is 60.8 Å². The Morgan fingerprint density at radius 2 is 2.00 bits per heavy atom. The van der Waals surface area contributed by atoms with Gasteiger partial charge in [-0.2, -0.15) is 0 Å². The number of benzene rings is 1. The molecule has 1 rings (SSSR count). The van der Waals surface area contributed by atoms with Gasteiger partial charge in [0.15, 0.2) is 0 Å². The van der Waals surface area contributed by atoms with Crippen molar-refractivity contribution < 1.29 is 15.0 Å². The molecular weight excluding hydrogens is 206 g/mol. The van der Waals surface area contributed by atoms with Crippen LogP contribution in [0.2, 0.25) is 0 Å². The molecular formula is C12H15NO3. The molecule has 4 heteroatoms. The molecule has 0 aliphatic heterocycles. The molecule has 0 heterocycles. The van der Waals surface area contributed by atoms with Crippen LogP contribution in [0.5, 0.6) is 0 Å². The fourth-order valence-electron chi connectivity index (χ4n) is 1.28. The highest BCUT2D eigenvalue weighted by molar-refractivity contribution is 5.86. The third-order valence-corrected chi connectivity index (χ3v) is 2.12. The van der Waals surface area contributed by atoms with E-state index in [-0.39, 0.29) is 12.2 Å². The summed E-state index contributed by atoms with van der Waals surface area (Å²) in [7, 11) is 0. The number of carboxylic acid groups (broad SMARTS) is 1. The molecule has 0 fully saturated rings. The Labute approximate surface area is 94.4 Å².